The Labute approximate surface area is 153 Å². The van der Waals surface area contributed by atoms with Gasteiger partial charge in [-0.3, -0.25) is 20.2 Å². The number of carbonyl (C=O) groups is 1. The van der Waals surface area contributed by atoms with Crippen LogP contribution in [0, 0.1) is 10.1 Å². The molecule has 1 aromatic heterocycles. The highest BCUT2D eigenvalue weighted by molar-refractivity contribution is 7.15. The standard InChI is InChI=1S/C18H16N4O3S/c23-17(14-9-11-15(12-10-14)22(24)25)19-18-21-20-16(26-18)8-4-7-13-5-2-1-3-6-13/h1-3,5-6,9-12H,4,7-8H2,(H,19,21,23). The fourth-order valence-corrected chi connectivity index (χ4v) is 3.17. The van der Waals surface area contributed by atoms with E-state index in [2.05, 4.69) is 27.6 Å². The van der Waals surface area contributed by atoms with Gasteiger partial charge in [-0.1, -0.05) is 41.7 Å². The first kappa shape index (κ1) is 17.7. The first-order valence-corrected chi connectivity index (χ1v) is 8.85. The number of nitro benzene ring substituents is 1. The zero-order valence-electron chi connectivity index (χ0n) is 13.8. The smallest absolute Gasteiger partial charge is 0.269 e. The number of amides is 1. The largest absolute Gasteiger partial charge is 0.296 e. The van der Waals surface area contributed by atoms with Gasteiger partial charge in [-0.05, 0) is 30.5 Å². The fraction of sp³-hybridized carbons (Fsp3) is 0.167. The molecular formula is C18H16N4O3S. The molecule has 0 fully saturated rings. The van der Waals surface area contributed by atoms with Gasteiger partial charge in [0.15, 0.2) is 0 Å². The molecule has 0 aliphatic heterocycles. The highest BCUT2D eigenvalue weighted by Gasteiger charge is 2.12. The number of hydrogen-bond acceptors (Lipinski definition) is 6. The minimum atomic E-state index is -0.506. The number of aromatic nitrogens is 2. The van der Waals surface area contributed by atoms with E-state index in [-0.39, 0.29) is 11.6 Å². The van der Waals surface area contributed by atoms with Crippen molar-refractivity contribution in [3.63, 3.8) is 0 Å². The number of hydrogen-bond donors (Lipinski definition) is 1. The van der Waals surface area contributed by atoms with Gasteiger partial charge in [-0.2, -0.15) is 0 Å². The van der Waals surface area contributed by atoms with E-state index in [0.29, 0.717) is 10.7 Å². The van der Waals surface area contributed by atoms with Crippen molar-refractivity contribution < 1.29 is 9.72 Å². The number of carbonyl (C=O) groups excluding carboxylic acids is 1. The first-order valence-electron chi connectivity index (χ1n) is 8.04. The lowest BCUT2D eigenvalue weighted by Crippen LogP contribution is -2.11. The second-order valence-corrected chi connectivity index (χ2v) is 6.66. The quantitative estimate of drug-likeness (QED) is 0.504. The predicted octanol–water partition coefficient (Wildman–Crippen LogP) is 3.87. The molecule has 0 unspecified atom stereocenters. The number of non-ortho nitro benzene ring substituents is 1. The van der Waals surface area contributed by atoms with Crippen LogP contribution in [-0.4, -0.2) is 21.0 Å². The number of aryl methyl sites for hydroxylation is 2. The summed E-state index contributed by atoms with van der Waals surface area (Å²) in [6.07, 6.45) is 2.71. The van der Waals surface area contributed by atoms with Gasteiger partial charge in [0.25, 0.3) is 11.6 Å². The Hall–Kier alpha value is -3.13. The van der Waals surface area contributed by atoms with Crippen molar-refractivity contribution in [3.8, 4) is 0 Å². The monoisotopic (exact) mass is 368 g/mol. The number of nitro groups is 1. The molecule has 26 heavy (non-hydrogen) atoms. The van der Waals surface area contributed by atoms with Crippen molar-refractivity contribution in [1.29, 1.82) is 0 Å². The molecule has 8 heteroatoms. The summed E-state index contributed by atoms with van der Waals surface area (Å²) in [6.45, 7) is 0. The maximum atomic E-state index is 12.2. The fourth-order valence-electron chi connectivity index (χ4n) is 2.40. The van der Waals surface area contributed by atoms with E-state index >= 15 is 0 Å². The second-order valence-electron chi connectivity index (χ2n) is 5.60. The molecule has 0 saturated heterocycles. The molecule has 1 N–H and O–H groups in total. The maximum Gasteiger partial charge on any atom is 0.269 e. The van der Waals surface area contributed by atoms with Crippen molar-refractivity contribution in [2.75, 3.05) is 5.32 Å². The molecular weight excluding hydrogens is 352 g/mol. The molecule has 0 aliphatic carbocycles. The van der Waals surface area contributed by atoms with Crippen LogP contribution in [0.1, 0.15) is 27.3 Å². The zero-order valence-corrected chi connectivity index (χ0v) is 14.6. The van der Waals surface area contributed by atoms with Gasteiger partial charge in [-0.15, -0.1) is 10.2 Å². The Balaban J connectivity index is 1.52. The van der Waals surface area contributed by atoms with Gasteiger partial charge in [0.05, 0.1) is 4.92 Å². The van der Waals surface area contributed by atoms with Gasteiger partial charge < -0.3 is 0 Å². The van der Waals surface area contributed by atoms with E-state index in [1.165, 1.54) is 41.2 Å². The average molecular weight is 368 g/mol. The molecule has 132 valence electrons. The third-order valence-corrected chi connectivity index (χ3v) is 4.63. The number of benzene rings is 2. The third-order valence-electron chi connectivity index (χ3n) is 3.73. The van der Waals surface area contributed by atoms with Gasteiger partial charge in [0.2, 0.25) is 5.13 Å². The molecule has 3 aromatic rings. The molecule has 2 aromatic carbocycles. The number of rotatable bonds is 7. The molecule has 0 atom stereocenters. The van der Waals surface area contributed by atoms with E-state index in [1.54, 1.807) is 0 Å². The van der Waals surface area contributed by atoms with Crippen LogP contribution in [0.25, 0.3) is 0 Å². The summed E-state index contributed by atoms with van der Waals surface area (Å²) in [5, 5.41) is 22.7. The first-order chi connectivity index (χ1) is 12.6. The molecule has 0 aliphatic rings. The normalized spacial score (nSPS) is 10.5. The van der Waals surface area contributed by atoms with Crippen LogP contribution in [0.2, 0.25) is 0 Å². The van der Waals surface area contributed by atoms with E-state index in [4.69, 9.17) is 0 Å². The molecule has 3 rings (SSSR count). The molecule has 0 radical (unpaired) electrons. The molecule has 1 amide bonds. The highest BCUT2D eigenvalue weighted by atomic mass is 32.1. The van der Waals surface area contributed by atoms with Crippen molar-refractivity contribution in [3.05, 3.63) is 80.8 Å². The number of nitrogens with zero attached hydrogens (tertiary/aromatic N) is 3. The minimum Gasteiger partial charge on any atom is -0.296 e. The summed E-state index contributed by atoms with van der Waals surface area (Å²) in [6, 6.07) is 15.6. The van der Waals surface area contributed by atoms with E-state index < -0.39 is 4.92 Å². The van der Waals surface area contributed by atoms with Crippen LogP contribution < -0.4 is 5.32 Å². The summed E-state index contributed by atoms with van der Waals surface area (Å²) >= 11 is 1.34. The lowest BCUT2D eigenvalue weighted by atomic mass is 10.1. The van der Waals surface area contributed by atoms with Crippen molar-refractivity contribution in [1.82, 2.24) is 10.2 Å². The highest BCUT2D eigenvalue weighted by Crippen LogP contribution is 2.19. The van der Waals surface area contributed by atoms with E-state index in [0.717, 1.165) is 24.3 Å². The minimum absolute atomic E-state index is 0.0573. The summed E-state index contributed by atoms with van der Waals surface area (Å²) < 4.78 is 0. The molecule has 1 heterocycles. The van der Waals surface area contributed by atoms with Crippen molar-refractivity contribution in [2.45, 2.75) is 19.3 Å². The van der Waals surface area contributed by atoms with E-state index in [9.17, 15) is 14.9 Å². The summed E-state index contributed by atoms with van der Waals surface area (Å²) in [4.78, 5) is 22.3. The SMILES string of the molecule is O=C(Nc1nnc(CCCc2ccccc2)s1)c1ccc([N+](=O)[O-])cc1. The van der Waals surface area contributed by atoms with Crippen LogP contribution in [-0.2, 0) is 12.8 Å². The number of anilines is 1. The third kappa shape index (κ3) is 4.70. The van der Waals surface area contributed by atoms with Crippen LogP contribution in [0.5, 0.6) is 0 Å². The Morgan fingerprint density at radius 2 is 1.77 bits per heavy atom. The molecule has 7 nitrogen and oxygen atoms in total. The van der Waals surface area contributed by atoms with Gasteiger partial charge >= 0.3 is 0 Å². The second kappa shape index (κ2) is 8.30. The Morgan fingerprint density at radius 1 is 1.04 bits per heavy atom. The summed E-state index contributed by atoms with van der Waals surface area (Å²) in [5.41, 5.74) is 1.55. The summed E-state index contributed by atoms with van der Waals surface area (Å²) in [7, 11) is 0. The number of nitrogens with one attached hydrogen (secondary N) is 1. The molecule has 0 spiro atoms. The Morgan fingerprint density at radius 3 is 2.46 bits per heavy atom. The molecule has 0 saturated carbocycles. The van der Waals surface area contributed by atoms with Crippen LogP contribution in [0.15, 0.2) is 54.6 Å². The van der Waals surface area contributed by atoms with Gasteiger partial charge in [0, 0.05) is 24.1 Å². The predicted molar refractivity (Wildman–Crippen MR) is 99.4 cm³/mol. The summed E-state index contributed by atoms with van der Waals surface area (Å²) in [5.74, 6) is -0.369. The van der Waals surface area contributed by atoms with Crippen LogP contribution >= 0.6 is 11.3 Å². The van der Waals surface area contributed by atoms with Gasteiger partial charge in [-0.25, -0.2) is 0 Å². The lowest BCUT2D eigenvalue weighted by Gasteiger charge is -2.00. The molecule has 0 bridgehead atoms. The van der Waals surface area contributed by atoms with Crippen LogP contribution in [0.4, 0.5) is 10.8 Å². The van der Waals surface area contributed by atoms with Gasteiger partial charge in [0.1, 0.15) is 5.01 Å². The average Bonchev–Trinajstić information content (AvgIpc) is 3.10. The Kier molecular flexibility index (Phi) is 5.65. The maximum absolute atomic E-state index is 12.2. The van der Waals surface area contributed by atoms with Crippen molar-refractivity contribution >= 4 is 28.1 Å². The lowest BCUT2D eigenvalue weighted by molar-refractivity contribution is -0.384. The Bertz CT molecular complexity index is 894. The van der Waals surface area contributed by atoms with E-state index in [1.807, 2.05) is 18.2 Å². The topological polar surface area (TPSA) is 98.0 Å². The van der Waals surface area contributed by atoms with Crippen molar-refractivity contribution in [2.24, 2.45) is 0 Å². The zero-order chi connectivity index (χ0) is 18.4. The van der Waals surface area contributed by atoms with Crippen LogP contribution in [0.3, 0.4) is 0 Å².